The Labute approximate surface area is 181 Å². The van der Waals surface area contributed by atoms with E-state index in [0.717, 1.165) is 33.4 Å². The van der Waals surface area contributed by atoms with Crippen LogP contribution in [-0.2, 0) is 4.74 Å². The minimum atomic E-state index is -0.601. The third-order valence-corrected chi connectivity index (χ3v) is 5.70. The second-order valence-electron chi connectivity index (χ2n) is 7.48. The van der Waals surface area contributed by atoms with Crippen LogP contribution in [0.15, 0.2) is 67.0 Å². The van der Waals surface area contributed by atoms with Gasteiger partial charge in [-0.1, -0.05) is 48.5 Å². The number of hydrogen-bond donors (Lipinski definition) is 0. The lowest BCUT2D eigenvalue weighted by Crippen LogP contribution is -2.29. The van der Waals surface area contributed by atoms with Gasteiger partial charge in [-0.15, -0.1) is 0 Å². The molecule has 32 heavy (non-hydrogen) atoms. The standard InChI is InChI=1S/C25H16N4O3/c1-2-32-25(30)24-20-19(29(31)13-26-24)12-11-18-23(20)28-22-17-10-6-4-8-15(17)14-7-3-5-9-16(14)21(22)27-18/h3-13H,2H2,1H3. The highest BCUT2D eigenvalue weighted by molar-refractivity contribution is 6.24. The van der Waals surface area contributed by atoms with Crippen molar-refractivity contribution in [1.29, 1.82) is 0 Å². The van der Waals surface area contributed by atoms with Crippen LogP contribution in [0.2, 0.25) is 0 Å². The van der Waals surface area contributed by atoms with E-state index in [2.05, 4.69) is 17.1 Å². The average Bonchev–Trinajstić information content (AvgIpc) is 2.83. The molecule has 0 saturated carbocycles. The molecular weight excluding hydrogens is 404 g/mol. The molecule has 7 heteroatoms. The van der Waals surface area contributed by atoms with Crippen molar-refractivity contribution in [3.05, 3.63) is 77.9 Å². The van der Waals surface area contributed by atoms with Crippen molar-refractivity contribution < 1.29 is 14.3 Å². The lowest BCUT2D eigenvalue weighted by Gasteiger charge is -2.12. The molecule has 0 saturated heterocycles. The zero-order valence-corrected chi connectivity index (χ0v) is 17.1. The van der Waals surface area contributed by atoms with Crippen LogP contribution < -0.4 is 4.73 Å². The highest BCUT2D eigenvalue weighted by Crippen LogP contribution is 2.35. The molecule has 0 aliphatic rings. The summed E-state index contributed by atoms with van der Waals surface area (Å²) >= 11 is 0. The van der Waals surface area contributed by atoms with E-state index in [1.54, 1.807) is 19.1 Å². The Morgan fingerprint density at radius 1 is 0.875 bits per heavy atom. The molecule has 2 heterocycles. The van der Waals surface area contributed by atoms with E-state index < -0.39 is 5.97 Å². The number of fused-ring (bicyclic) bond motifs is 9. The van der Waals surface area contributed by atoms with Crippen molar-refractivity contribution in [2.75, 3.05) is 6.61 Å². The molecule has 0 amide bonds. The number of ether oxygens (including phenoxy) is 1. The third-order valence-electron chi connectivity index (χ3n) is 5.70. The fourth-order valence-electron chi connectivity index (χ4n) is 4.34. The number of aromatic nitrogens is 4. The van der Waals surface area contributed by atoms with Crippen molar-refractivity contribution >= 4 is 60.5 Å². The summed E-state index contributed by atoms with van der Waals surface area (Å²) in [6.07, 6.45) is 1.07. The lowest BCUT2D eigenvalue weighted by atomic mass is 9.99. The molecule has 0 aliphatic carbocycles. The van der Waals surface area contributed by atoms with Crippen LogP contribution in [0.3, 0.4) is 0 Å². The third kappa shape index (κ3) is 2.51. The van der Waals surface area contributed by atoms with Gasteiger partial charge in [0.05, 0.1) is 23.2 Å². The molecule has 7 nitrogen and oxygen atoms in total. The van der Waals surface area contributed by atoms with Gasteiger partial charge in [-0.05, 0) is 34.8 Å². The first-order valence-corrected chi connectivity index (χ1v) is 10.3. The Balaban J connectivity index is 1.86. The van der Waals surface area contributed by atoms with Gasteiger partial charge >= 0.3 is 5.97 Å². The number of rotatable bonds is 2. The summed E-state index contributed by atoms with van der Waals surface area (Å²) in [5.41, 5.74) is 2.82. The molecular formula is C25H16N4O3. The maximum atomic E-state index is 12.6. The van der Waals surface area contributed by atoms with Gasteiger partial charge in [0.15, 0.2) is 0 Å². The summed E-state index contributed by atoms with van der Waals surface area (Å²) in [6.45, 7) is 1.92. The minimum Gasteiger partial charge on any atom is -0.710 e. The van der Waals surface area contributed by atoms with Gasteiger partial charge in [-0.25, -0.2) is 19.5 Å². The predicted molar refractivity (Wildman–Crippen MR) is 122 cm³/mol. The summed E-state index contributed by atoms with van der Waals surface area (Å²) in [5.74, 6) is -0.601. The van der Waals surface area contributed by atoms with Crippen molar-refractivity contribution in [2.45, 2.75) is 6.92 Å². The average molecular weight is 420 g/mol. The maximum Gasteiger partial charge on any atom is 0.383 e. The summed E-state index contributed by atoms with van der Waals surface area (Å²) in [6, 6.07) is 19.5. The zero-order chi connectivity index (χ0) is 21.8. The van der Waals surface area contributed by atoms with Crippen LogP contribution in [0.5, 0.6) is 0 Å². The van der Waals surface area contributed by atoms with E-state index in [1.165, 1.54) is 0 Å². The number of hydrogen-bond acceptors (Lipinski definition) is 6. The van der Waals surface area contributed by atoms with Gasteiger partial charge in [-0.2, -0.15) is 0 Å². The van der Waals surface area contributed by atoms with E-state index in [0.29, 0.717) is 26.7 Å². The van der Waals surface area contributed by atoms with Gasteiger partial charge in [0.2, 0.25) is 0 Å². The fraction of sp³-hybridized carbons (Fsp3) is 0.0800. The largest absolute Gasteiger partial charge is 0.710 e. The molecule has 0 N–H and O–H groups in total. The molecule has 6 rings (SSSR count). The molecule has 0 atom stereocenters. The van der Waals surface area contributed by atoms with Crippen molar-refractivity contribution in [3.8, 4) is 0 Å². The molecule has 6 aromatic rings. The van der Waals surface area contributed by atoms with Gasteiger partial charge in [-0.3, -0.25) is 0 Å². The van der Waals surface area contributed by atoms with Gasteiger partial charge in [0.1, 0.15) is 16.4 Å². The predicted octanol–water partition coefficient (Wildman–Crippen LogP) is 4.45. The number of carbonyl (C=O) groups is 1. The van der Waals surface area contributed by atoms with E-state index in [4.69, 9.17) is 14.7 Å². The Bertz CT molecular complexity index is 1730. The molecule has 0 spiro atoms. The fourth-order valence-corrected chi connectivity index (χ4v) is 4.34. The lowest BCUT2D eigenvalue weighted by molar-refractivity contribution is -0.580. The molecule has 154 valence electrons. The maximum absolute atomic E-state index is 12.6. The van der Waals surface area contributed by atoms with Crippen LogP contribution in [0.1, 0.15) is 17.4 Å². The van der Waals surface area contributed by atoms with Gasteiger partial charge < -0.3 is 9.94 Å². The molecule has 0 radical (unpaired) electrons. The highest BCUT2D eigenvalue weighted by Gasteiger charge is 2.24. The number of esters is 1. The summed E-state index contributed by atoms with van der Waals surface area (Å²) < 4.78 is 5.81. The minimum absolute atomic E-state index is 0.0540. The van der Waals surface area contributed by atoms with E-state index in [1.807, 2.05) is 36.4 Å². The molecule has 0 fully saturated rings. The van der Waals surface area contributed by atoms with Crippen molar-refractivity contribution in [1.82, 2.24) is 15.0 Å². The quantitative estimate of drug-likeness (QED) is 0.135. The number of benzene rings is 4. The van der Waals surface area contributed by atoms with Crippen molar-refractivity contribution in [3.63, 3.8) is 0 Å². The van der Waals surface area contributed by atoms with Crippen LogP contribution in [0.4, 0.5) is 0 Å². The molecule has 0 bridgehead atoms. The Kier molecular flexibility index (Phi) is 3.91. The molecule has 0 aliphatic heterocycles. The van der Waals surface area contributed by atoms with Crippen LogP contribution in [0.25, 0.3) is 54.5 Å². The van der Waals surface area contributed by atoms with E-state index in [-0.39, 0.29) is 17.8 Å². The summed E-state index contributed by atoms with van der Waals surface area (Å²) in [7, 11) is 0. The summed E-state index contributed by atoms with van der Waals surface area (Å²) in [5, 5.41) is 16.9. The second-order valence-corrected chi connectivity index (χ2v) is 7.48. The Morgan fingerprint density at radius 2 is 1.50 bits per heavy atom. The monoisotopic (exact) mass is 420 g/mol. The Hall–Kier alpha value is -4.39. The van der Waals surface area contributed by atoms with Crippen molar-refractivity contribution in [2.24, 2.45) is 0 Å². The first kappa shape index (κ1) is 18.4. The first-order valence-electron chi connectivity index (χ1n) is 10.3. The summed E-state index contributed by atoms with van der Waals surface area (Å²) in [4.78, 5) is 26.6. The smallest absolute Gasteiger partial charge is 0.383 e. The first-order chi connectivity index (χ1) is 15.7. The topological polar surface area (TPSA) is 91.9 Å². The van der Waals surface area contributed by atoms with E-state index in [9.17, 15) is 10.0 Å². The highest BCUT2D eigenvalue weighted by atomic mass is 16.5. The normalized spacial score (nSPS) is 11.7. The second kappa shape index (κ2) is 6.81. The van der Waals surface area contributed by atoms with Crippen LogP contribution in [0, 0.1) is 5.21 Å². The molecule has 2 aromatic heterocycles. The van der Waals surface area contributed by atoms with E-state index >= 15 is 0 Å². The molecule has 0 unspecified atom stereocenters. The van der Waals surface area contributed by atoms with Gasteiger partial charge in [0, 0.05) is 10.8 Å². The Morgan fingerprint density at radius 3 is 2.16 bits per heavy atom. The number of nitrogens with zero attached hydrogens (tertiary/aromatic N) is 4. The van der Waals surface area contributed by atoms with Gasteiger partial charge in [0.25, 0.3) is 12.0 Å². The molecule has 4 aromatic carbocycles. The van der Waals surface area contributed by atoms with Crippen LogP contribution in [-0.4, -0.2) is 27.5 Å². The zero-order valence-electron chi connectivity index (χ0n) is 17.1. The van der Waals surface area contributed by atoms with Crippen LogP contribution >= 0.6 is 0 Å². The number of carbonyl (C=O) groups excluding carboxylic acids is 1. The SMILES string of the molecule is CCOC(=O)c1nc[n+]([O-])c2ccc3nc4c5ccccc5c5ccccc5c4nc3c12.